The quantitative estimate of drug-likeness (QED) is 0.506. The summed E-state index contributed by atoms with van der Waals surface area (Å²) in [6, 6.07) is 19.8. The smallest absolute Gasteiger partial charge is 0.328 e. The molecule has 3 amide bonds. The number of piperidine rings is 1. The normalized spacial score (nSPS) is 18.1. The van der Waals surface area contributed by atoms with Gasteiger partial charge in [-0.2, -0.15) is 5.10 Å². The number of benzene rings is 2. The predicted octanol–water partition coefficient (Wildman–Crippen LogP) is 3.52. The number of hydrogen-bond acceptors (Lipinski definition) is 5. The lowest BCUT2D eigenvalue weighted by molar-refractivity contribution is -0.136. The molecule has 2 aliphatic rings. The topological polar surface area (TPSA) is 81.8 Å². The third-order valence-electron chi connectivity index (χ3n) is 7.18. The highest BCUT2D eigenvalue weighted by Gasteiger charge is 2.57. The van der Waals surface area contributed by atoms with Gasteiger partial charge in [0.15, 0.2) is 0 Å². The van der Waals surface area contributed by atoms with E-state index in [1.165, 1.54) is 4.90 Å². The Hall–Kier alpha value is -3.49. The Morgan fingerprint density at radius 1 is 0.971 bits per heavy atom. The van der Waals surface area contributed by atoms with Crippen LogP contribution >= 0.6 is 0 Å². The standard InChI is InChI=1S/C27H31N5O3/c1-35-17-16-31-25(33)27(32(26(31)34)19-21-8-4-2-5-9-21)12-14-30(15-13-27)20-23-18-28-29-24(23)22-10-6-3-7-11-22/h2-11,18H,12-17,19-20H2,1H3,(H,28,29). The van der Waals surface area contributed by atoms with E-state index in [-0.39, 0.29) is 18.5 Å². The fraction of sp³-hybridized carbons (Fsp3) is 0.370. The number of nitrogens with zero attached hydrogens (tertiary/aromatic N) is 4. The van der Waals surface area contributed by atoms with Gasteiger partial charge in [-0.25, -0.2) is 4.79 Å². The summed E-state index contributed by atoms with van der Waals surface area (Å²) in [5.41, 5.74) is 3.47. The van der Waals surface area contributed by atoms with Crippen LogP contribution in [0.5, 0.6) is 0 Å². The predicted molar refractivity (Wildman–Crippen MR) is 132 cm³/mol. The number of aromatic amines is 1. The molecule has 35 heavy (non-hydrogen) atoms. The molecule has 0 atom stereocenters. The number of ether oxygens (including phenoxy) is 1. The lowest BCUT2D eigenvalue weighted by Crippen LogP contribution is -2.56. The molecule has 182 valence electrons. The van der Waals surface area contributed by atoms with E-state index in [1.807, 2.05) is 54.7 Å². The monoisotopic (exact) mass is 473 g/mol. The second kappa shape index (κ2) is 10.0. The number of hydrogen-bond donors (Lipinski definition) is 1. The highest BCUT2D eigenvalue weighted by molar-refractivity contribution is 6.07. The number of aromatic nitrogens is 2. The summed E-state index contributed by atoms with van der Waals surface area (Å²) >= 11 is 0. The number of urea groups is 1. The summed E-state index contributed by atoms with van der Waals surface area (Å²) < 4.78 is 5.17. The molecule has 3 aromatic rings. The van der Waals surface area contributed by atoms with Gasteiger partial charge in [0.1, 0.15) is 5.54 Å². The van der Waals surface area contributed by atoms with Crippen LogP contribution in [0.25, 0.3) is 11.3 Å². The Morgan fingerprint density at radius 2 is 1.66 bits per heavy atom. The first-order chi connectivity index (χ1) is 17.1. The van der Waals surface area contributed by atoms with Crippen LogP contribution in [0.15, 0.2) is 66.9 Å². The Morgan fingerprint density at radius 3 is 2.34 bits per heavy atom. The lowest BCUT2D eigenvalue weighted by atomic mass is 9.85. The minimum absolute atomic E-state index is 0.0941. The molecule has 0 saturated carbocycles. The van der Waals surface area contributed by atoms with E-state index in [2.05, 4.69) is 27.2 Å². The van der Waals surface area contributed by atoms with E-state index >= 15 is 0 Å². The summed E-state index contributed by atoms with van der Waals surface area (Å²) in [7, 11) is 1.58. The van der Waals surface area contributed by atoms with E-state index in [9.17, 15) is 9.59 Å². The summed E-state index contributed by atoms with van der Waals surface area (Å²) in [4.78, 5) is 32.5. The van der Waals surface area contributed by atoms with E-state index in [4.69, 9.17) is 4.74 Å². The number of imide groups is 1. The summed E-state index contributed by atoms with van der Waals surface area (Å²) in [5.74, 6) is -0.0941. The van der Waals surface area contributed by atoms with Crippen molar-refractivity contribution in [1.82, 2.24) is 24.9 Å². The Labute approximate surface area is 205 Å². The van der Waals surface area contributed by atoms with Crippen molar-refractivity contribution >= 4 is 11.9 Å². The fourth-order valence-corrected chi connectivity index (χ4v) is 5.24. The maximum Gasteiger partial charge on any atom is 0.328 e. The number of H-pyrrole nitrogens is 1. The molecule has 2 aromatic carbocycles. The highest BCUT2D eigenvalue weighted by Crippen LogP contribution is 2.39. The number of carbonyl (C=O) groups is 2. The molecular formula is C27H31N5O3. The molecule has 8 nitrogen and oxygen atoms in total. The number of amides is 3. The number of carbonyl (C=O) groups excluding carboxylic acids is 2. The minimum atomic E-state index is -0.810. The summed E-state index contributed by atoms with van der Waals surface area (Å²) in [5, 5.41) is 7.41. The largest absolute Gasteiger partial charge is 0.383 e. The van der Waals surface area contributed by atoms with Crippen LogP contribution in [0.1, 0.15) is 24.0 Å². The molecule has 0 radical (unpaired) electrons. The minimum Gasteiger partial charge on any atom is -0.383 e. The summed E-state index contributed by atoms with van der Waals surface area (Å²) in [6.45, 7) is 3.23. The first-order valence-corrected chi connectivity index (χ1v) is 12.1. The van der Waals surface area contributed by atoms with E-state index in [1.54, 1.807) is 12.0 Å². The Bertz CT molecular complexity index is 1160. The van der Waals surface area contributed by atoms with Crippen LogP contribution < -0.4 is 0 Å². The second-order valence-electron chi connectivity index (χ2n) is 9.25. The summed E-state index contributed by atoms with van der Waals surface area (Å²) in [6.07, 6.45) is 3.09. The van der Waals surface area contributed by atoms with Crippen molar-refractivity contribution in [3.63, 3.8) is 0 Å². The van der Waals surface area contributed by atoms with Crippen molar-refractivity contribution in [2.24, 2.45) is 0 Å². The Kier molecular flexibility index (Phi) is 6.66. The van der Waals surface area contributed by atoms with Gasteiger partial charge in [0, 0.05) is 38.9 Å². The first kappa shape index (κ1) is 23.3. The number of nitrogens with one attached hydrogen (secondary N) is 1. The van der Waals surface area contributed by atoms with E-state index < -0.39 is 5.54 Å². The van der Waals surface area contributed by atoms with Crippen LogP contribution in [0.3, 0.4) is 0 Å². The van der Waals surface area contributed by atoms with Crippen LogP contribution in [0, 0.1) is 0 Å². The van der Waals surface area contributed by atoms with Gasteiger partial charge in [-0.15, -0.1) is 0 Å². The van der Waals surface area contributed by atoms with Crippen molar-refractivity contribution < 1.29 is 14.3 Å². The molecule has 1 spiro atoms. The van der Waals surface area contributed by atoms with Crippen molar-refractivity contribution in [3.8, 4) is 11.3 Å². The van der Waals surface area contributed by atoms with Gasteiger partial charge in [0.2, 0.25) is 0 Å². The van der Waals surface area contributed by atoms with Gasteiger partial charge >= 0.3 is 6.03 Å². The average Bonchev–Trinajstić information content (AvgIpc) is 3.43. The van der Waals surface area contributed by atoms with Crippen molar-refractivity contribution in [2.45, 2.75) is 31.5 Å². The van der Waals surface area contributed by atoms with Gasteiger partial charge in [0.05, 0.1) is 25.0 Å². The zero-order valence-electron chi connectivity index (χ0n) is 20.0. The second-order valence-corrected chi connectivity index (χ2v) is 9.25. The third-order valence-corrected chi connectivity index (χ3v) is 7.18. The van der Waals surface area contributed by atoms with Gasteiger partial charge < -0.3 is 9.64 Å². The van der Waals surface area contributed by atoms with Crippen LogP contribution in [0.4, 0.5) is 4.79 Å². The lowest BCUT2D eigenvalue weighted by Gasteiger charge is -2.42. The number of likely N-dealkylation sites (tertiary alicyclic amines) is 1. The fourth-order valence-electron chi connectivity index (χ4n) is 5.24. The molecule has 2 aliphatic heterocycles. The van der Waals surface area contributed by atoms with Gasteiger partial charge in [0.25, 0.3) is 5.91 Å². The number of rotatable bonds is 8. The van der Waals surface area contributed by atoms with Crippen LogP contribution in [-0.4, -0.2) is 75.7 Å². The first-order valence-electron chi connectivity index (χ1n) is 12.1. The molecule has 2 saturated heterocycles. The van der Waals surface area contributed by atoms with Gasteiger partial charge in [-0.3, -0.25) is 19.7 Å². The van der Waals surface area contributed by atoms with E-state index in [0.717, 1.165) is 42.0 Å². The SMILES string of the molecule is COCCN1C(=O)N(Cc2ccccc2)C2(CCN(Cc3cn[nH]c3-c3ccccc3)CC2)C1=O. The van der Waals surface area contributed by atoms with Crippen molar-refractivity contribution in [1.29, 1.82) is 0 Å². The molecule has 1 aromatic heterocycles. The molecule has 8 heteroatoms. The number of methoxy groups -OCH3 is 1. The molecule has 0 unspecified atom stereocenters. The van der Waals surface area contributed by atoms with E-state index in [0.29, 0.717) is 26.0 Å². The molecule has 5 rings (SSSR count). The zero-order valence-corrected chi connectivity index (χ0v) is 20.0. The van der Waals surface area contributed by atoms with Crippen molar-refractivity contribution in [3.05, 3.63) is 78.0 Å². The Balaban J connectivity index is 1.34. The van der Waals surface area contributed by atoms with Crippen LogP contribution in [0.2, 0.25) is 0 Å². The van der Waals surface area contributed by atoms with Gasteiger partial charge in [-0.05, 0) is 24.0 Å². The van der Waals surface area contributed by atoms with Crippen molar-refractivity contribution in [2.75, 3.05) is 33.4 Å². The maximum atomic E-state index is 13.6. The molecule has 2 fully saturated rings. The highest BCUT2D eigenvalue weighted by atomic mass is 16.5. The molecule has 0 bridgehead atoms. The van der Waals surface area contributed by atoms with Gasteiger partial charge in [-0.1, -0.05) is 60.7 Å². The van der Waals surface area contributed by atoms with Crippen LogP contribution in [-0.2, 0) is 22.6 Å². The zero-order chi connectivity index (χ0) is 24.3. The maximum absolute atomic E-state index is 13.6. The molecular weight excluding hydrogens is 442 g/mol. The average molecular weight is 474 g/mol. The molecule has 3 heterocycles. The molecule has 1 N–H and O–H groups in total. The molecule has 0 aliphatic carbocycles. The third kappa shape index (κ3) is 4.47.